The summed E-state index contributed by atoms with van der Waals surface area (Å²) >= 11 is 0. The maximum absolute atomic E-state index is 11.2. The predicted molar refractivity (Wildman–Crippen MR) is 26.7 cm³/mol. The summed E-state index contributed by atoms with van der Waals surface area (Å²) in [7, 11) is -3.45. The number of hydrogen-bond donors (Lipinski definition) is 1. The third kappa shape index (κ3) is 5.79. The van der Waals surface area contributed by atoms with Crippen molar-refractivity contribution < 1.29 is 18.6 Å². The molecule has 1 unspecified atom stereocenters. The van der Waals surface area contributed by atoms with Gasteiger partial charge in [0.25, 0.3) is 0 Å². The fourth-order valence-electron chi connectivity index (χ4n) is 0.231. The third-order valence-electron chi connectivity index (χ3n) is 0.418. The molecule has 3 nitrogen and oxygen atoms in total. The standard InChI is InChI=1S/C3H6FO3P/c1-8(6,7)2-3(4)5/h2H2,1H3,(H,6,7). The van der Waals surface area contributed by atoms with E-state index in [1.807, 2.05) is 0 Å². The normalized spacial score (nSPS) is 17.4. The van der Waals surface area contributed by atoms with Crippen LogP contribution in [-0.2, 0) is 9.36 Å². The van der Waals surface area contributed by atoms with Crippen LogP contribution in [0.2, 0.25) is 0 Å². The molecule has 8 heavy (non-hydrogen) atoms. The van der Waals surface area contributed by atoms with Crippen molar-refractivity contribution in [1.82, 2.24) is 0 Å². The summed E-state index contributed by atoms with van der Waals surface area (Å²) in [4.78, 5) is 17.7. The molecule has 0 heterocycles. The van der Waals surface area contributed by atoms with Gasteiger partial charge in [-0.1, -0.05) is 0 Å². The molecule has 0 aliphatic carbocycles. The molecular formula is C3H6FO3P. The minimum Gasteiger partial charge on any atom is -0.344 e. The Morgan fingerprint density at radius 3 is 2.25 bits per heavy atom. The molecule has 0 aromatic carbocycles. The van der Waals surface area contributed by atoms with Crippen molar-refractivity contribution in [3.05, 3.63) is 0 Å². The first kappa shape index (κ1) is 7.79. The highest BCUT2D eigenvalue weighted by atomic mass is 31.2. The Morgan fingerprint density at radius 2 is 2.25 bits per heavy atom. The number of rotatable bonds is 2. The smallest absolute Gasteiger partial charge is 0.311 e. The first-order chi connectivity index (χ1) is 3.42. The van der Waals surface area contributed by atoms with Crippen molar-refractivity contribution in [2.45, 2.75) is 0 Å². The first-order valence-corrected chi connectivity index (χ1v) is 4.18. The zero-order valence-electron chi connectivity index (χ0n) is 4.30. The van der Waals surface area contributed by atoms with Gasteiger partial charge in [-0.2, -0.15) is 4.39 Å². The van der Waals surface area contributed by atoms with E-state index in [0.29, 0.717) is 0 Å². The van der Waals surface area contributed by atoms with Gasteiger partial charge in [0, 0.05) is 6.66 Å². The summed E-state index contributed by atoms with van der Waals surface area (Å²) in [6.07, 6.45) is -0.868. The van der Waals surface area contributed by atoms with Gasteiger partial charge in [-0.3, -0.25) is 9.36 Å². The van der Waals surface area contributed by atoms with Crippen LogP contribution >= 0.6 is 7.37 Å². The van der Waals surface area contributed by atoms with Gasteiger partial charge in [-0.05, 0) is 0 Å². The zero-order valence-corrected chi connectivity index (χ0v) is 5.19. The van der Waals surface area contributed by atoms with Crippen LogP contribution in [0.25, 0.3) is 0 Å². The van der Waals surface area contributed by atoms with E-state index in [4.69, 9.17) is 4.89 Å². The molecule has 0 aromatic rings. The summed E-state index contributed by atoms with van der Waals surface area (Å²) in [5, 5.41) is 0. The van der Waals surface area contributed by atoms with Crippen molar-refractivity contribution >= 4 is 13.4 Å². The summed E-state index contributed by atoms with van der Waals surface area (Å²) in [6.45, 7) is 0.935. The van der Waals surface area contributed by atoms with E-state index in [2.05, 4.69) is 0 Å². The summed E-state index contributed by atoms with van der Waals surface area (Å²) in [5.74, 6) is 0. The minimum absolute atomic E-state index is 0.868. The molecule has 0 aromatic heterocycles. The second kappa shape index (κ2) is 2.37. The summed E-state index contributed by atoms with van der Waals surface area (Å²) in [6, 6.07) is -1.74. The second-order valence-corrected chi connectivity index (χ2v) is 3.98. The number of hydrogen-bond acceptors (Lipinski definition) is 2. The van der Waals surface area contributed by atoms with Crippen LogP contribution < -0.4 is 0 Å². The number of carbonyl (C=O) groups excluding carboxylic acids is 1. The van der Waals surface area contributed by atoms with Crippen molar-refractivity contribution in [3.63, 3.8) is 0 Å². The Balaban J connectivity index is 3.74. The van der Waals surface area contributed by atoms with Crippen LogP contribution in [0.15, 0.2) is 0 Å². The van der Waals surface area contributed by atoms with Gasteiger partial charge in [0.05, 0.1) is 0 Å². The van der Waals surface area contributed by atoms with Gasteiger partial charge in [0.1, 0.15) is 6.16 Å². The molecule has 0 bridgehead atoms. The summed E-state index contributed by atoms with van der Waals surface area (Å²) in [5.41, 5.74) is 0. The van der Waals surface area contributed by atoms with Gasteiger partial charge in [-0.15, -0.1) is 0 Å². The van der Waals surface area contributed by atoms with Crippen LogP contribution in [-0.4, -0.2) is 23.8 Å². The first-order valence-electron chi connectivity index (χ1n) is 1.89. The van der Waals surface area contributed by atoms with Gasteiger partial charge in [0.2, 0.25) is 7.37 Å². The molecule has 0 spiro atoms. The molecule has 1 atom stereocenters. The van der Waals surface area contributed by atoms with E-state index in [1.54, 1.807) is 0 Å². The van der Waals surface area contributed by atoms with E-state index in [1.165, 1.54) is 0 Å². The topological polar surface area (TPSA) is 54.4 Å². The van der Waals surface area contributed by atoms with Gasteiger partial charge in [0.15, 0.2) is 0 Å². The van der Waals surface area contributed by atoms with Crippen molar-refractivity contribution in [1.29, 1.82) is 0 Å². The lowest BCUT2D eigenvalue weighted by Crippen LogP contribution is -1.95. The van der Waals surface area contributed by atoms with E-state index >= 15 is 0 Å². The molecule has 0 fully saturated rings. The SMILES string of the molecule is CP(=O)(O)CC(=O)F. The Bertz CT molecular complexity index is 137. The number of halogens is 1. The van der Waals surface area contributed by atoms with Crippen LogP contribution in [0.1, 0.15) is 0 Å². The van der Waals surface area contributed by atoms with E-state index in [9.17, 15) is 13.8 Å². The Morgan fingerprint density at radius 1 is 1.88 bits per heavy atom. The fourth-order valence-corrected chi connectivity index (χ4v) is 0.692. The lowest BCUT2D eigenvalue weighted by Gasteiger charge is -1.95. The van der Waals surface area contributed by atoms with E-state index in [-0.39, 0.29) is 0 Å². The van der Waals surface area contributed by atoms with Gasteiger partial charge in [-0.25, -0.2) is 0 Å². The average molecular weight is 140 g/mol. The monoisotopic (exact) mass is 140 g/mol. The molecule has 0 aliphatic rings. The van der Waals surface area contributed by atoms with E-state index in [0.717, 1.165) is 6.66 Å². The molecule has 48 valence electrons. The molecule has 0 amide bonds. The Labute approximate surface area is 46.0 Å². The maximum Gasteiger partial charge on any atom is 0.311 e. The highest BCUT2D eigenvalue weighted by Crippen LogP contribution is 2.34. The van der Waals surface area contributed by atoms with Crippen LogP contribution in [0.5, 0.6) is 0 Å². The molecule has 0 radical (unpaired) electrons. The molecule has 1 N–H and O–H groups in total. The molecule has 0 saturated heterocycles. The van der Waals surface area contributed by atoms with Gasteiger partial charge < -0.3 is 4.89 Å². The molecule has 5 heteroatoms. The quantitative estimate of drug-likeness (QED) is 0.445. The van der Waals surface area contributed by atoms with E-state index < -0.39 is 19.6 Å². The molecular weight excluding hydrogens is 134 g/mol. The predicted octanol–water partition coefficient (Wildman–Crippen LogP) is 0.383. The van der Waals surface area contributed by atoms with Crippen LogP contribution in [0.3, 0.4) is 0 Å². The third-order valence-corrected chi connectivity index (χ3v) is 1.25. The largest absolute Gasteiger partial charge is 0.344 e. The van der Waals surface area contributed by atoms with Crippen molar-refractivity contribution in [2.24, 2.45) is 0 Å². The average Bonchev–Trinajstić information content (AvgIpc) is 1.21. The zero-order chi connectivity index (χ0) is 6.78. The minimum atomic E-state index is -3.45. The lowest BCUT2D eigenvalue weighted by atomic mass is 10.9. The fraction of sp³-hybridized carbons (Fsp3) is 0.667. The number of carbonyl (C=O) groups is 1. The van der Waals surface area contributed by atoms with Crippen molar-refractivity contribution in [3.8, 4) is 0 Å². The Hall–Kier alpha value is -0.210. The highest BCUT2D eigenvalue weighted by molar-refractivity contribution is 7.58. The molecule has 0 aliphatic heterocycles. The second-order valence-electron chi connectivity index (χ2n) is 1.56. The molecule has 0 rings (SSSR count). The maximum atomic E-state index is 11.2. The highest BCUT2D eigenvalue weighted by Gasteiger charge is 2.14. The summed E-state index contributed by atoms with van der Waals surface area (Å²) < 4.78 is 21.3. The molecule has 0 saturated carbocycles. The van der Waals surface area contributed by atoms with Gasteiger partial charge >= 0.3 is 6.04 Å². The Kier molecular flexibility index (Phi) is 2.31. The lowest BCUT2D eigenvalue weighted by molar-refractivity contribution is -0.126. The van der Waals surface area contributed by atoms with Crippen molar-refractivity contribution in [2.75, 3.05) is 12.8 Å². The van der Waals surface area contributed by atoms with Crippen LogP contribution in [0.4, 0.5) is 4.39 Å². The van der Waals surface area contributed by atoms with Crippen LogP contribution in [0, 0.1) is 0 Å².